The van der Waals surface area contributed by atoms with E-state index in [4.69, 9.17) is 9.57 Å². The summed E-state index contributed by atoms with van der Waals surface area (Å²) in [7, 11) is -3.91. The predicted octanol–water partition coefficient (Wildman–Crippen LogP) is 3.80. The number of carbonyl (C=O) groups excluding carboxylic acids is 1. The van der Waals surface area contributed by atoms with Crippen molar-refractivity contribution < 1.29 is 22.8 Å². The van der Waals surface area contributed by atoms with Crippen LogP contribution in [0.25, 0.3) is 0 Å². The second kappa shape index (κ2) is 10.6. The third kappa shape index (κ3) is 5.95. The van der Waals surface area contributed by atoms with Gasteiger partial charge in [0, 0.05) is 19.2 Å². The summed E-state index contributed by atoms with van der Waals surface area (Å²) in [5, 5.41) is -0.933. The molecule has 3 aromatic rings. The minimum Gasteiger partial charge on any atom is -0.350 e. The van der Waals surface area contributed by atoms with Crippen LogP contribution in [0.2, 0.25) is 0 Å². The molecule has 1 fully saturated rings. The molecule has 1 amide bonds. The Labute approximate surface area is 193 Å². The molecule has 2 heterocycles. The van der Waals surface area contributed by atoms with Gasteiger partial charge in [0.25, 0.3) is 5.91 Å². The molecular weight excluding hydrogens is 442 g/mol. The largest absolute Gasteiger partial charge is 0.350 e. The van der Waals surface area contributed by atoms with Crippen LogP contribution in [0.1, 0.15) is 46.1 Å². The zero-order valence-electron chi connectivity index (χ0n) is 17.9. The molecule has 4 rings (SSSR count). The lowest BCUT2D eigenvalue weighted by Crippen LogP contribution is -2.33. The SMILES string of the molecule is O=C(NOC1CCCCO1)c1cc(NS(=O)(=O)C(c2ccccc2)c2ccccc2)ccn1. The Balaban J connectivity index is 1.52. The van der Waals surface area contributed by atoms with E-state index in [1.807, 2.05) is 12.1 Å². The summed E-state index contributed by atoms with van der Waals surface area (Å²) in [6, 6.07) is 20.8. The van der Waals surface area contributed by atoms with Crippen molar-refractivity contribution in [1.29, 1.82) is 0 Å². The van der Waals surface area contributed by atoms with E-state index in [0.29, 0.717) is 24.2 Å². The lowest BCUT2D eigenvalue weighted by atomic mass is 10.0. The van der Waals surface area contributed by atoms with Gasteiger partial charge >= 0.3 is 0 Å². The maximum atomic E-state index is 13.4. The Morgan fingerprint density at radius 1 is 1.00 bits per heavy atom. The highest BCUT2D eigenvalue weighted by atomic mass is 32.2. The van der Waals surface area contributed by atoms with Crippen LogP contribution >= 0.6 is 0 Å². The Morgan fingerprint density at radius 2 is 1.67 bits per heavy atom. The maximum absolute atomic E-state index is 13.4. The van der Waals surface area contributed by atoms with Gasteiger partial charge in [0.1, 0.15) is 10.9 Å². The number of carbonyl (C=O) groups is 1. The van der Waals surface area contributed by atoms with E-state index in [9.17, 15) is 13.2 Å². The lowest BCUT2D eigenvalue weighted by Gasteiger charge is -2.22. The lowest BCUT2D eigenvalue weighted by molar-refractivity contribution is -0.186. The van der Waals surface area contributed by atoms with E-state index in [1.165, 1.54) is 18.3 Å². The Kier molecular flexibility index (Phi) is 7.33. The molecule has 8 nitrogen and oxygen atoms in total. The molecule has 0 bridgehead atoms. The van der Waals surface area contributed by atoms with Gasteiger partial charge in [0.05, 0.1) is 5.69 Å². The number of ether oxygens (including phenoxy) is 1. The smallest absolute Gasteiger partial charge is 0.293 e. The first-order valence-corrected chi connectivity index (χ1v) is 12.2. The molecule has 2 aromatic carbocycles. The van der Waals surface area contributed by atoms with Gasteiger partial charge in [0.2, 0.25) is 10.0 Å². The summed E-state index contributed by atoms with van der Waals surface area (Å²) in [6.45, 7) is 0.583. The first-order chi connectivity index (χ1) is 16.0. The van der Waals surface area contributed by atoms with Gasteiger partial charge in [-0.2, -0.15) is 0 Å². The second-order valence-corrected chi connectivity index (χ2v) is 9.39. The average molecular weight is 468 g/mol. The number of hydroxylamine groups is 1. The molecule has 2 N–H and O–H groups in total. The number of nitrogens with zero attached hydrogens (tertiary/aromatic N) is 1. The van der Waals surface area contributed by atoms with E-state index in [0.717, 1.165) is 12.8 Å². The van der Waals surface area contributed by atoms with Crippen molar-refractivity contribution >= 4 is 21.6 Å². The first kappa shape index (κ1) is 22.9. The summed E-state index contributed by atoms with van der Waals surface area (Å²) < 4.78 is 34.9. The van der Waals surface area contributed by atoms with Crippen LogP contribution in [0.4, 0.5) is 5.69 Å². The summed E-state index contributed by atoms with van der Waals surface area (Å²) in [6.07, 6.45) is 3.48. The van der Waals surface area contributed by atoms with Crippen molar-refractivity contribution in [2.24, 2.45) is 0 Å². The predicted molar refractivity (Wildman–Crippen MR) is 124 cm³/mol. The molecule has 1 aromatic heterocycles. The molecule has 1 atom stereocenters. The van der Waals surface area contributed by atoms with E-state index >= 15 is 0 Å². The van der Waals surface area contributed by atoms with Gasteiger partial charge in [-0.05, 0) is 36.1 Å². The van der Waals surface area contributed by atoms with Crippen molar-refractivity contribution in [2.75, 3.05) is 11.3 Å². The highest BCUT2D eigenvalue weighted by molar-refractivity contribution is 7.93. The number of aromatic nitrogens is 1. The molecule has 0 radical (unpaired) electrons. The van der Waals surface area contributed by atoms with Gasteiger partial charge in [-0.1, -0.05) is 60.7 Å². The van der Waals surface area contributed by atoms with Gasteiger partial charge in [0.15, 0.2) is 6.29 Å². The number of anilines is 1. The summed E-state index contributed by atoms with van der Waals surface area (Å²) >= 11 is 0. The molecular formula is C24H25N3O5S. The minimum atomic E-state index is -3.91. The Hall–Kier alpha value is -3.27. The number of hydrogen-bond donors (Lipinski definition) is 2. The Bertz CT molecular complexity index is 1130. The molecule has 33 heavy (non-hydrogen) atoms. The fourth-order valence-electron chi connectivity index (χ4n) is 3.62. The van der Waals surface area contributed by atoms with E-state index in [2.05, 4.69) is 15.2 Å². The zero-order valence-corrected chi connectivity index (χ0v) is 18.7. The molecule has 1 aliphatic rings. The van der Waals surface area contributed by atoms with Crippen LogP contribution in [0.15, 0.2) is 79.0 Å². The van der Waals surface area contributed by atoms with Gasteiger partial charge in [-0.15, -0.1) is 0 Å². The second-order valence-electron chi connectivity index (χ2n) is 7.62. The summed E-state index contributed by atoms with van der Waals surface area (Å²) in [5.74, 6) is -0.590. The number of hydrogen-bond acceptors (Lipinski definition) is 6. The third-order valence-electron chi connectivity index (χ3n) is 5.19. The summed E-state index contributed by atoms with van der Waals surface area (Å²) in [5.41, 5.74) is 3.83. The number of sulfonamides is 1. The number of amides is 1. The highest BCUT2D eigenvalue weighted by Gasteiger charge is 2.29. The molecule has 1 saturated heterocycles. The van der Waals surface area contributed by atoms with Crippen LogP contribution in [-0.4, -0.2) is 32.2 Å². The topological polar surface area (TPSA) is 107 Å². The van der Waals surface area contributed by atoms with Crippen molar-refractivity contribution in [3.05, 3.63) is 95.8 Å². The quantitative estimate of drug-likeness (QED) is 0.488. The van der Waals surface area contributed by atoms with Crippen molar-refractivity contribution in [1.82, 2.24) is 10.5 Å². The molecule has 0 saturated carbocycles. The fourth-order valence-corrected chi connectivity index (χ4v) is 5.23. The average Bonchev–Trinajstić information content (AvgIpc) is 2.84. The third-order valence-corrected chi connectivity index (χ3v) is 6.87. The van der Waals surface area contributed by atoms with Crippen LogP contribution < -0.4 is 10.2 Å². The van der Waals surface area contributed by atoms with Gasteiger partial charge in [-0.3, -0.25) is 14.5 Å². The molecule has 0 aliphatic carbocycles. The number of pyridine rings is 1. The fraction of sp³-hybridized carbons (Fsp3) is 0.250. The maximum Gasteiger partial charge on any atom is 0.293 e. The molecule has 9 heteroatoms. The standard InChI is InChI=1S/C24H25N3O5S/c28-24(26-32-22-13-7-8-16-31-22)21-17-20(14-15-25-21)27-33(29,30)23(18-9-3-1-4-10-18)19-11-5-2-6-12-19/h1-6,9-12,14-15,17,22-23H,7-8,13,16H2,(H,25,27)(H,26,28). The minimum absolute atomic E-state index is 0.0157. The van der Waals surface area contributed by atoms with E-state index in [-0.39, 0.29) is 11.4 Å². The molecule has 0 spiro atoms. The van der Waals surface area contributed by atoms with Crippen LogP contribution in [0.3, 0.4) is 0 Å². The van der Waals surface area contributed by atoms with E-state index < -0.39 is 27.5 Å². The normalized spacial score (nSPS) is 16.3. The van der Waals surface area contributed by atoms with Gasteiger partial charge < -0.3 is 4.74 Å². The van der Waals surface area contributed by atoms with E-state index in [1.54, 1.807) is 48.5 Å². The van der Waals surface area contributed by atoms with Crippen LogP contribution in [-0.2, 0) is 19.6 Å². The van der Waals surface area contributed by atoms with Crippen molar-refractivity contribution in [3.63, 3.8) is 0 Å². The first-order valence-electron chi connectivity index (χ1n) is 10.7. The number of benzene rings is 2. The monoisotopic (exact) mass is 467 g/mol. The van der Waals surface area contributed by atoms with Crippen LogP contribution in [0.5, 0.6) is 0 Å². The number of nitrogens with one attached hydrogen (secondary N) is 2. The van der Waals surface area contributed by atoms with Gasteiger partial charge in [-0.25, -0.2) is 18.7 Å². The van der Waals surface area contributed by atoms with Crippen molar-refractivity contribution in [3.8, 4) is 0 Å². The zero-order chi connectivity index (χ0) is 23.1. The molecule has 172 valence electrons. The summed E-state index contributed by atoms with van der Waals surface area (Å²) in [4.78, 5) is 21.8. The highest BCUT2D eigenvalue weighted by Crippen LogP contribution is 2.31. The molecule has 1 aliphatic heterocycles. The van der Waals surface area contributed by atoms with Crippen LogP contribution in [0, 0.1) is 0 Å². The Morgan fingerprint density at radius 3 is 2.27 bits per heavy atom. The number of rotatable bonds is 8. The molecule has 1 unspecified atom stereocenters. The van der Waals surface area contributed by atoms with Crippen molar-refractivity contribution in [2.45, 2.75) is 30.8 Å².